The number of fused-ring (bicyclic) bond motifs is 2. The zero-order chi connectivity index (χ0) is 17.4. The van der Waals surface area contributed by atoms with Gasteiger partial charge in [-0.3, -0.25) is 0 Å². The molecule has 0 radical (unpaired) electrons. The Labute approximate surface area is 150 Å². The smallest absolute Gasteiger partial charge is 0.134 e. The molecule has 0 aliphatic heterocycles. The molecular weight excluding hydrogens is 328 g/mol. The van der Waals surface area contributed by atoms with Gasteiger partial charge in [0, 0.05) is 16.7 Å². The third-order valence-corrected chi connectivity index (χ3v) is 6.03. The molecule has 3 aromatic rings. The number of hydrogen-bond acceptors (Lipinski definition) is 4. The first-order valence-corrected chi connectivity index (χ1v) is 9.28. The van der Waals surface area contributed by atoms with Crippen molar-refractivity contribution >= 4 is 33.3 Å². The lowest BCUT2D eigenvalue weighted by molar-refractivity contribution is 0.475. The molecule has 25 heavy (non-hydrogen) atoms. The molecule has 4 rings (SSSR count). The first-order valence-electron chi connectivity index (χ1n) is 8.46. The van der Waals surface area contributed by atoms with Crippen LogP contribution in [0.1, 0.15) is 34.9 Å². The first kappa shape index (κ1) is 15.9. The fourth-order valence-electron chi connectivity index (χ4n) is 3.49. The second kappa shape index (κ2) is 6.34. The summed E-state index contributed by atoms with van der Waals surface area (Å²) in [7, 11) is 0. The van der Waals surface area contributed by atoms with E-state index in [-0.39, 0.29) is 5.75 Å². The van der Waals surface area contributed by atoms with Crippen molar-refractivity contribution in [2.45, 2.75) is 26.2 Å². The molecule has 0 saturated carbocycles. The third-order valence-electron chi connectivity index (χ3n) is 4.86. The van der Waals surface area contributed by atoms with Crippen LogP contribution in [0.3, 0.4) is 0 Å². The van der Waals surface area contributed by atoms with Gasteiger partial charge in [-0.2, -0.15) is 5.26 Å². The Hall–Kier alpha value is -2.64. The van der Waals surface area contributed by atoms with Gasteiger partial charge < -0.3 is 5.11 Å². The second-order valence-electron chi connectivity index (χ2n) is 6.62. The number of phenolic OH excluding ortho intramolecular Hbond substituents is 1. The molecule has 2 aromatic carbocycles. The first-order chi connectivity index (χ1) is 12.2. The summed E-state index contributed by atoms with van der Waals surface area (Å²) in [5.41, 5.74) is 2.59. The molecule has 1 unspecified atom stereocenters. The van der Waals surface area contributed by atoms with Crippen LogP contribution in [0.2, 0.25) is 0 Å². The van der Waals surface area contributed by atoms with Gasteiger partial charge in [-0.1, -0.05) is 37.3 Å². The topological polar surface area (TPSA) is 56.4 Å². The Morgan fingerprint density at radius 1 is 1.28 bits per heavy atom. The molecule has 0 saturated heterocycles. The highest BCUT2D eigenvalue weighted by atomic mass is 32.1. The number of thiophene rings is 1. The summed E-state index contributed by atoms with van der Waals surface area (Å²) in [4.78, 5) is 5.90. The molecule has 1 aromatic heterocycles. The highest BCUT2D eigenvalue weighted by molar-refractivity contribution is 7.16. The molecule has 1 heterocycles. The fourth-order valence-corrected chi connectivity index (χ4v) is 4.79. The summed E-state index contributed by atoms with van der Waals surface area (Å²) in [6.45, 7) is 2.26. The van der Waals surface area contributed by atoms with Crippen LogP contribution in [0.15, 0.2) is 41.4 Å². The van der Waals surface area contributed by atoms with Crippen molar-refractivity contribution in [2.24, 2.45) is 10.9 Å². The Bertz CT molecular complexity index is 1030. The minimum absolute atomic E-state index is 0.205. The summed E-state index contributed by atoms with van der Waals surface area (Å²) in [5.74, 6) is 0.868. The van der Waals surface area contributed by atoms with E-state index in [9.17, 15) is 10.4 Å². The van der Waals surface area contributed by atoms with E-state index in [0.29, 0.717) is 17.0 Å². The zero-order valence-corrected chi connectivity index (χ0v) is 14.8. The molecule has 0 bridgehead atoms. The van der Waals surface area contributed by atoms with Gasteiger partial charge >= 0.3 is 0 Å². The van der Waals surface area contributed by atoms with Crippen molar-refractivity contribution in [3.8, 4) is 11.8 Å². The van der Waals surface area contributed by atoms with Crippen molar-refractivity contribution in [3.63, 3.8) is 0 Å². The van der Waals surface area contributed by atoms with Crippen LogP contribution in [-0.4, -0.2) is 11.3 Å². The number of nitriles is 1. The third kappa shape index (κ3) is 2.81. The van der Waals surface area contributed by atoms with Crippen molar-refractivity contribution in [1.29, 1.82) is 5.26 Å². The van der Waals surface area contributed by atoms with E-state index < -0.39 is 0 Å². The Kier molecular flexibility index (Phi) is 4.03. The van der Waals surface area contributed by atoms with E-state index in [1.54, 1.807) is 23.6 Å². The average molecular weight is 346 g/mol. The highest BCUT2D eigenvalue weighted by Crippen LogP contribution is 2.41. The lowest BCUT2D eigenvalue weighted by atomic mass is 9.89. The van der Waals surface area contributed by atoms with E-state index >= 15 is 0 Å². The number of aliphatic imine (C=N–C) groups is 1. The number of phenols is 1. The van der Waals surface area contributed by atoms with E-state index in [4.69, 9.17) is 0 Å². The van der Waals surface area contributed by atoms with Crippen LogP contribution >= 0.6 is 11.3 Å². The largest absolute Gasteiger partial charge is 0.507 e. The zero-order valence-electron chi connectivity index (χ0n) is 14.0. The van der Waals surface area contributed by atoms with Crippen LogP contribution in [0.5, 0.6) is 5.75 Å². The highest BCUT2D eigenvalue weighted by Gasteiger charge is 2.23. The maximum absolute atomic E-state index is 10.3. The molecule has 1 aliphatic rings. The number of rotatable bonds is 2. The number of benzene rings is 2. The number of aromatic hydroxyl groups is 1. The summed E-state index contributed by atoms with van der Waals surface area (Å²) < 4.78 is 0. The minimum Gasteiger partial charge on any atom is -0.507 e. The molecule has 0 fully saturated rings. The SMILES string of the molecule is CC1CCc2c(sc(N=Cc3c(O)ccc4ccccc34)c2C#N)C1. The van der Waals surface area contributed by atoms with Crippen LogP contribution in [0.4, 0.5) is 5.00 Å². The summed E-state index contributed by atoms with van der Waals surface area (Å²) >= 11 is 1.62. The monoisotopic (exact) mass is 346 g/mol. The second-order valence-corrected chi connectivity index (χ2v) is 7.71. The van der Waals surface area contributed by atoms with Crippen LogP contribution in [0, 0.1) is 17.2 Å². The van der Waals surface area contributed by atoms with E-state index in [2.05, 4.69) is 18.0 Å². The molecule has 1 N–H and O–H groups in total. The molecule has 124 valence electrons. The normalized spacial score (nSPS) is 16.9. The van der Waals surface area contributed by atoms with Crippen LogP contribution < -0.4 is 0 Å². The van der Waals surface area contributed by atoms with Crippen molar-refractivity contribution in [3.05, 3.63) is 58.0 Å². The summed E-state index contributed by atoms with van der Waals surface area (Å²) in [5, 5.41) is 22.6. The average Bonchev–Trinajstić information content (AvgIpc) is 2.97. The summed E-state index contributed by atoms with van der Waals surface area (Å²) in [6.07, 6.45) is 4.82. The van der Waals surface area contributed by atoms with E-state index in [1.807, 2.05) is 30.3 Å². The number of nitrogens with zero attached hydrogens (tertiary/aromatic N) is 2. The Balaban J connectivity index is 1.79. The number of hydrogen-bond donors (Lipinski definition) is 1. The Morgan fingerprint density at radius 3 is 2.96 bits per heavy atom. The van der Waals surface area contributed by atoms with Crippen molar-refractivity contribution in [2.75, 3.05) is 0 Å². The quantitative estimate of drug-likeness (QED) is 0.636. The Morgan fingerprint density at radius 2 is 2.12 bits per heavy atom. The maximum atomic E-state index is 10.3. The van der Waals surface area contributed by atoms with E-state index in [0.717, 1.165) is 35.0 Å². The van der Waals surface area contributed by atoms with Gasteiger partial charge in [0.2, 0.25) is 0 Å². The van der Waals surface area contributed by atoms with Gasteiger partial charge in [-0.25, -0.2) is 4.99 Å². The predicted octanol–water partition coefficient (Wildman–Crippen LogP) is 5.35. The standard InChI is InChI=1S/C21H18N2OS/c1-13-6-8-16-17(11-22)21(25-20(16)10-13)23-12-18-15-5-3-2-4-14(15)7-9-19(18)24/h2-5,7,9,12-13,24H,6,8,10H2,1H3. The minimum atomic E-state index is 0.205. The summed E-state index contributed by atoms with van der Waals surface area (Å²) in [6, 6.07) is 13.8. The van der Waals surface area contributed by atoms with Gasteiger partial charge in [0.15, 0.2) is 0 Å². The predicted molar refractivity (Wildman–Crippen MR) is 103 cm³/mol. The lowest BCUT2D eigenvalue weighted by Gasteiger charge is -2.17. The molecule has 3 nitrogen and oxygen atoms in total. The molecular formula is C21H18N2OS. The van der Waals surface area contributed by atoms with Crippen LogP contribution in [-0.2, 0) is 12.8 Å². The molecule has 0 spiro atoms. The van der Waals surface area contributed by atoms with Gasteiger partial charge in [0.25, 0.3) is 0 Å². The molecule has 0 amide bonds. The van der Waals surface area contributed by atoms with Crippen molar-refractivity contribution < 1.29 is 5.11 Å². The molecule has 1 atom stereocenters. The maximum Gasteiger partial charge on any atom is 0.134 e. The van der Waals surface area contributed by atoms with Gasteiger partial charge in [0.05, 0.1) is 5.56 Å². The molecule has 1 aliphatic carbocycles. The van der Waals surface area contributed by atoms with Gasteiger partial charge in [-0.05, 0) is 47.6 Å². The van der Waals surface area contributed by atoms with Gasteiger partial charge in [0.1, 0.15) is 16.8 Å². The van der Waals surface area contributed by atoms with Crippen LogP contribution in [0.25, 0.3) is 10.8 Å². The fraction of sp³-hybridized carbons (Fsp3) is 0.238. The van der Waals surface area contributed by atoms with E-state index in [1.165, 1.54) is 10.4 Å². The lowest BCUT2D eigenvalue weighted by Crippen LogP contribution is -2.09. The molecule has 4 heteroatoms. The van der Waals surface area contributed by atoms with Gasteiger partial charge in [-0.15, -0.1) is 11.3 Å². The van der Waals surface area contributed by atoms with Crippen molar-refractivity contribution in [1.82, 2.24) is 0 Å².